The first kappa shape index (κ1) is 10.3. The molecule has 0 unspecified atom stereocenters. The molecule has 72 valence electrons. The molecular formula is C12H12O2. The number of rotatable bonds is 4. The van der Waals surface area contributed by atoms with Crippen molar-refractivity contribution >= 4 is 5.78 Å². The van der Waals surface area contributed by atoms with Gasteiger partial charge in [0.2, 0.25) is 0 Å². The summed E-state index contributed by atoms with van der Waals surface area (Å²) in [6, 6.07) is 7.16. The molecule has 0 bridgehead atoms. The molecule has 14 heavy (non-hydrogen) atoms. The monoisotopic (exact) mass is 188 g/mol. The topological polar surface area (TPSA) is 26.3 Å². The number of Topliss-reactive ketones (excluding diaryl/α,β-unsaturated/α-hetero) is 1. The van der Waals surface area contributed by atoms with Crippen LogP contribution in [0.5, 0.6) is 5.75 Å². The zero-order chi connectivity index (χ0) is 10.4. The first-order valence-corrected chi connectivity index (χ1v) is 4.32. The van der Waals surface area contributed by atoms with Gasteiger partial charge in [-0.25, -0.2) is 0 Å². The molecule has 2 nitrogen and oxygen atoms in total. The van der Waals surface area contributed by atoms with Gasteiger partial charge < -0.3 is 4.74 Å². The van der Waals surface area contributed by atoms with Gasteiger partial charge in [0.25, 0.3) is 0 Å². The fourth-order valence-electron chi connectivity index (χ4n) is 1.07. The van der Waals surface area contributed by atoms with Crippen molar-refractivity contribution in [2.45, 2.75) is 6.92 Å². The summed E-state index contributed by atoms with van der Waals surface area (Å²) < 4.78 is 5.36. The van der Waals surface area contributed by atoms with Crippen molar-refractivity contribution in [3.05, 3.63) is 48.2 Å². The summed E-state index contributed by atoms with van der Waals surface area (Å²) in [5.74, 6) is 0.606. The summed E-state index contributed by atoms with van der Waals surface area (Å²) >= 11 is 0. The van der Waals surface area contributed by atoms with Crippen molar-refractivity contribution in [3.63, 3.8) is 0 Å². The molecule has 0 saturated heterocycles. The van der Waals surface area contributed by atoms with Gasteiger partial charge in [0.15, 0.2) is 5.78 Å². The Hall–Kier alpha value is -1.79. The average molecular weight is 188 g/mol. The smallest absolute Gasteiger partial charge is 0.163 e. The zero-order valence-corrected chi connectivity index (χ0v) is 8.12. The number of benzene rings is 1. The quantitative estimate of drug-likeness (QED) is 0.536. The molecule has 0 spiro atoms. The molecule has 0 aliphatic carbocycles. The third-order valence-corrected chi connectivity index (χ3v) is 1.73. The van der Waals surface area contributed by atoms with E-state index in [1.807, 2.05) is 12.1 Å². The zero-order valence-electron chi connectivity index (χ0n) is 8.12. The van der Waals surface area contributed by atoms with Gasteiger partial charge in [0.05, 0.1) is 5.56 Å². The van der Waals surface area contributed by atoms with Crippen molar-refractivity contribution < 1.29 is 9.53 Å². The van der Waals surface area contributed by atoms with Gasteiger partial charge in [0, 0.05) is 0 Å². The third-order valence-electron chi connectivity index (χ3n) is 1.73. The summed E-state index contributed by atoms with van der Waals surface area (Å²) in [6.07, 6.45) is 1.66. The minimum Gasteiger partial charge on any atom is -0.488 e. The van der Waals surface area contributed by atoms with E-state index in [1.165, 1.54) is 6.92 Å². The molecule has 0 heterocycles. The highest BCUT2D eigenvalue weighted by molar-refractivity contribution is 5.96. The predicted molar refractivity (Wildman–Crippen MR) is 55.7 cm³/mol. The van der Waals surface area contributed by atoms with Crippen LogP contribution in [0, 0.1) is 0 Å². The van der Waals surface area contributed by atoms with Gasteiger partial charge in [0.1, 0.15) is 12.4 Å². The number of hydrogen-bond donors (Lipinski definition) is 0. The molecule has 0 atom stereocenters. The van der Waals surface area contributed by atoms with E-state index < -0.39 is 0 Å². The first-order chi connectivity index (χ1) is 6.75. The van der Waals surface area contributed by atoms with Crippen LogP contribution in [0.25, 0.3) is 0 Å². The molecule has 0 aliphatic heterocycles. The fourth-order valence-corrected chi connectivity index (χ4v) is 1.07. The Balaban J connectivity index is 2.84. The molecule has 1 aromatic carbocycles. The number of carbonyl (C=O) groups excluding carboxylic acids is 1. The van der Waals surface area contributed by atoms with E-state index >= 15 is 0 Å². The second-order valence-electron chi connectivity index (χ2n) is 2.77. The molecule has 0 saturated carbocycles. The number of para-hydroxylation sites is 1. The minimum absolute atomic E-state index is 0.00295. The lowest BCUT2D eigenvalue weighted by Gasteiger charge is -2.06. The van der Waals surface area contributed by atoms with Crippen molar-refractivity contribution in [1.29, 1.82) is 0 Å². The van der Waals surface area contributed by atoms with Gasteiger partial charge in [-0.3, -0.25) is 4.79 Å². The first-order valence-electron chi connectivity index (χ1n) is 4.32. The molecule has 1 aromatic rings. The third kappa shape index (κ3) is 2.61. The molecule has 2 heteroatoms. The van der Waals surface area contributed by atoms with Crippen LogP contribution in [0.15, 0.2) is 42.7 Å². The molecule has 0 aromatic heterocycles. The van der Waals surface area contributed by atoms with Gasteiger partial charge in [-0.2, -0.15) is 0 Å². The summed E-state index contributed by atoms with van der Waals surface area (Å²) in [4.78, 5) is 11.2. The SMILES string of the molecule is C=C=CCOc1ccccc1C(C)=O. The maximum Gasteiger partial charge on any atom is 0.163 e. The lowest BCUT2D eigenvalue weighted by Crippen LogP contribution is -2.00. The fraction of sp³-hybridized carbons (Fsp3) is 0.167. The minimum atomic E-state index is 0.00295. The molecule has 0 fully saturated rings. The largest absolute Gasteiger partial charge is 0.488 e. The van der Waals surface area contributed by atoms with Crippen LogP contribution in [-0.2, 0) is 0 Å². The predicted octanol–water partition coefficient (Wildman–Crippen LogP) is 2.61. The van der Waals surface area contributed by atoms with E-state index in [2.05, 4.69) is 12.3 Å². The van der Waals surface area contributed by atoms with Crippen LogP contribution in [0.3, 0.4) is 0 Å². The summed E-state index contributed by atoms with van der Waals surface area (Å²) in [6.45, 7) is 5.32. The van der Waals surface area contributed by atoms with Crippen molar-refractivity contribution in [3.8, 4) is 5.75 Å². The van der Waals surface area contributed by atoms with Gasteiger partial charge >= 0.3 is 0 Å². The Morgan fingerprint density at radius 3 is 2.93 bits per heavy atom. The van der Waals surface area contributed by atoms with E-state index in [0.29, 0.717) is 17.9 Å². The van der Waals surface area contributed by atoms with E-state index in [-0.39, 0.29) is 5.78 Å². The number of ketones is 1. The van der Waals surface area contributed by atoms with Crippen molar-refractivity contribution in [2.75, 3.05) is 6.61 Å². The maximum absolute atomic E-state index is 11.2. The van der Waals surface area contributed by atoms with Crippen LogP contribution in [-0.4, -0.2) is 12.4 Å². The summed E-state index contributed by atoms with van der Waals surface area (Å²) in [5, 5.41) is 0. The lowest BCUT2D eigenvalue weighted by molar-refractivity contribution is 0.101. The van der Waals surface area contributed by atoms with Crippen LogP contribution >= 0.6 is 0 Å². The average Bonchev–Trinajstić information content (AvgIpc) is 2.19. The normalized spacial score (nSPS) is 8.93. The highest BCUT2D eigenvalue weighted by Gasteiger charge is 2.05. The lowest BCUT2D eigenvalue weighted by atomic mass is 10.1. The molecule has 0 radical (unpaired) electrons. The van der Waals surface area contributed by atoms with Crippen LogP contribution < -0.4 is 4.74 Å². The Morgan fingerprint density at radius 2 is 2.29 bits per heavy atom. The number of hydrogen-bond acceptors (Lipinski definition) is 2. The second-order valence-corrected chi connectivity index (χ2v) is 2.77. The van der Waals surface area contributed by atoms with E-state index in [9.17, 15) is 4.79 Å². The van der Waals surface area contributed by atoms with E-state index in [0.717, 1.165) is 0 Å². The van der Waals surface area contributed by atoms with Crippen LogP contribution in [0.2, 0.25) is 0 Å². The van der Waals surface area contributed by atoms with Gasteiger partial charge in [-0.15, -0.1) is 5.73 Å². The highest BCUT2D eigenvalue weighted by atomic mass is 16.5. The standard InChI is InChI=1S/C12H12O2/c1-3-4-9-14-12-8-6-5-7-11(12)10(2)13/h4-8H,1,9H2,2H3. The Labute approximate surface area is 83.5 Å². The van der Waals surface area contributed by atoms with Crippen molar-refractivity contribution in [1.82, 2.24) is 0 Å². The van der Waals surface area contributed by atoms with Crippen LogP contribution in [0.4, 0.5) is 0 Å². The van der Waals surface area contributed by atoms with E-state index in [1.54, 1.807) is 18.2 Å². The molecule has 0 amide bonds. The molecule has 0 N–H and O–H groups in total. The van der Waals surface area contributed by atoms with Crippen molar-refractivity contribution in [2.24, 2.45) is 0 Å². The second kappa shape index (κ2) is 5.05. The summed E-state index contributed by atoms with van der Waals surface area (Å²) in [5.41, 5.74) is 3.20. The number of carbonyl (C=O) groups is 1. The van der Waals surface area contributed by atoms with Gasteiger partial charge in [-0.05, 0) is 25.1 Å². The van der Waals surface area contributed by atoms with Crippen LogP contribution in [0.1, 0.15) is 17.3 Å². The molecule has 1 rings (SSSR count). The molecule has 0 aliphatic rings. The Kier molecular flexibility index (Phi) is 3.71. The summed E-state index contributed by atoms with van der Waals surface area (Å²) in [7, 11) is 0. The number of ether oxygens (including phenoxy) is 1. The highest BCUT2D eigenvalue weighted by Crippen LogP contribution is 2.17. The maximum atomic E-state index is 11.2. The van der Waals surface area contributed by atoms with Gasteiger partial charge in [-0.1, -0.05) is 18.7 Å². The Bertz CT molecular complexity index is 374. The Morgan fingerprint density at radius 1 is 1.57 bits per heavy atom. The molecular weight excluding hydrogens is 176 g/mol. The van der Waals surface area contributed by atoms with E-state index in [4.69, 9.17) is 4.74 Å².